The van der Waals surface area contributed by atoms with Gasteiger partial charge in [-0.1, -0.05) is 22.0 Å². The normalized spacial score (nSPS) is 9.89. The van der Waals surface area contributed by atoms with E-state index < -0.39 is 0 Å². The van der Waals surface area contributed by atoms with Gasteiger partial charge < -0.3 is 0 Å². The van der Waals surface area contributed by atoms with Crippen LogP contribution in [0.5, 0.6) is 0 Å². The van der Waals surface area contributed by atoms with Gasteiger partial charge in [0.25, 0.3) is 0 Å². The number of alkyl halides is 1. The van der Waals surface area contributed by atoms with Gasteiger partial charge in [0.15, 0.2) is 0 Å². The highest BCUT2D eigenvalue weighted by atomic mass is 79.9. The topological polar surface area (TPSA) is 0 Å². The first-order valence-corrected chi connectivity index (χ1v) is 5.02. The zero-order chi connectivity index (χ0) is 6.53. The van der Waals surface area contributed by atoms with Gasteiger partial charge in [0, 0.05) is 10.2 Å². The summed E-state index contributed by atoms with van der Waals surface area (Å²) in [7, 11) is 0. The third-order valence-corrected chi connectivity index (χ3v) is 2.63. The fourth-order valence-corrected chi connectivity index (χ4v) is 1.73. The SMILES string of the molecule is BrCCCc1cccs1. The Morgan fingerprint density at radius 2 is 2.44 bits per heavy atom. The number of aryl methyl sites for hydroxylation is 1. The Kier molecular flexibility index (Phi) is 3.30. The number of thiophene rings is 1. The lowest BCUT2D eigenvalue weighted by Crippen LogP contribution is -1.78. The molecule has 0 nitrogen and oxygen atoms in total. The first kappa shape index (κ1) is 7.29. The van der Waals surface area contributed by atoms with E-state index in [9.17, 15) is 0 Å². The second-order valence-electron chi connectivity index (χ2n) is 1.87. The number of rotatable bonds is 3. The van der Waals surface area contributed by atoms with Crippen LogP contribution in [0.15, 0.2) is 17.5 Å². The van der Waals surface area contributed by atoms with Crippen molar-refractivity contribution in [2.24, 2.45) is 0 Å². The van der Waals surface area contributed by atoms with E-state index in [1.54, 1.807) is 0 Å². The van der Waals surface area contributed by atoms with Crippen LogP contribution in [0.4, 0.5) is 0 Å². The third kappa shape index (κ3) is 2.50. The smallest absolute Gasteiger partial charge is 0.00455 e. The summed E-state index contributed by atoms with van der Waals surface area (Å²) in [5, 5.41) is 3.24. The standard InChI is InChI=1S/C7H9BrS/c8-5-1-3-7-4-2-6-9-7/h2,4,6H,1,3,5H2. The molecule has 1 heterocycles. The van der Waals surface area contributed by atoms with Gasteiger partial charge in [-0.2, -0.15) is 0 Å². The highest BCUT2D eigenvalue weighted by Gasteiger charge is 1.90. The van der Waals surface area contributed by atoms with Gasteiger partial charge in [0.1, 0.15) is 0 Å². The Morgan fingerprint density at radius 1 is 1.56 bits per heavy atom. The molecule has 9 heavy (non-hydrogen) atoms. The lowest BCUT2D eigenvalue weighted by molar-refractivity contribution is 0.959. The summed E-state index contributed by atoms with van der Waals surface area (Å²) in [6.45, 7) is 0. The maximum Gasteiger partial charge on any atom is 0.00455 e. The molecule has 2 heteroatoms. The first-order valence-electron chi connectivity index (χ1n) is 3.02. The maximum absolute atomic E-state index is 3.40. The molecule has 1 aromatic heterocycles. The van der Waals surface area contributed by atoms with Crippen LogP contribution in [0.3, 0.4) is 0 Å². The molecule has 0 N–H and O–H groups in total. The molecule has 1 rings (SSSR count). The van der Waals surface area contributed by atoms with E-state index >= 15 is 0 Å². The van der Waals surface area contributed by atoms with Crippen LogP contribution in [0, 0.1) is 0 Å². The molecule has 0 unspecified atom stereocenters. The van der Waals surface area contributed by atoms with Crippen molar-refractivity contribution >= 4 is 27.3 Å². The van der Waals surface area contributed by atoms with Crippen LogP contribution < -0.4 is 0 Å². The lowest BCUT2D eigenvalue weighted by Gasteiger charge is -1.89. The third-order valence-electron chi connectivity index (χ3n) is 1.14. The minimum Gasteiger partial charge on any atom is -0.149 e. The molecule has 0 spiro atoms. The van der Waals surface area contributed by atoms with E-state index in [2.05, 4.69) is 33.4 Å². The first-order chi connectivity index (χ1) is 4.43. The van der Waals surface area contributed by atoms with Crippen molar-refractivity contribution in [1.82, 2.24) is 0 Å². The monoisotopic (exact) mass is 204 g/mol. The molecule has 0 bridgehead atoms. The average Bonchev–Trinajstić information content (AvgIpc) is 2.34. The van der Waals surface area contributed by atoms with Gasteiger partial charge in [-0.25, -0.2) is 0 Å². The number of hydrogen-bond donors (Lipinski definition) is 0. The molecule has 0 aliphatic rings. The van der Waals surface area contributed by atoms with Crippen LogP contribution in [-0.4, -0.2) is 5.33 Å². The van der Waals surface area contributed by atoms with E-state index in [4.69, 9.17) is 0 Å². The Labute approximate surface area is 68.0 Å². The predicted molar refractivity (Wildman–Crippen MR) is 46.4 cm³/mol. The molecule has 0 radical (unpaired) electrons. The van der Waals surface area contributed by atoms with Crippen molar-refractivity contribution in [3.63, 3.8) is 0 Å². The summed E-state index contributed by atoms with van der Waals surface area (Å²) >= 11 is 5.24. The van der Waals surface area contributed by atoms with Crippen molar-refractivity contribution in [2.45, 2.75) is 12.8 Å². The Bertz CT molecular complexity index is 146. The van der Waals surface area contributed by atoms with Crippen LogP contribution in [0.1, 0.15) is 11.3 Å². The van der Waals surface area contributed by atoms with Gasteiger partial charge >= 0.3 is 0 Å². The quantitative estimate of drug-likeness (QED) is 0.665. The van der Waals surface area contributed by atoms with Gasteiger partial charge in [0.2, 0.25) is 0 Å². The summed E-state index contributed by atoms with van der Waals surface area (Å²) in [4.78, 5) is 1.49. The van der Waals surface area contributed by atoms with Crippen LogP contribution >= 0.6 is 27.3 Å². The van der Waals surface area contributed by atoms with E-state index in [1.807, 2.05) is 11.3 Å². The molecule has 0 atom stereocenters. The molecular formula is C7H9BrS. The summed E-state index contributed by atoms with van der Waals surface area (Å²) in [6.07, 6.45) is 2.48. The molecule has 0 fully saturated rings. The summed E-state index contributed by atoms with van der Waals surface area (Å²) in [6, 6.07) is 4.29. The molecule has 0 saturated heterocycles. The maximum atomic E-state index is 3.40. The van der Waals surface area contributed by atoms with Gasteiger partial charge in [-0.3, -0.25) is 0 Å². The highest BCUT2D eigenvalue weighted by molar-refractivity contribution is 9.09. The summed E-state index contributed by atoms with van der Waals surface area (Å²) in [5.41, 5.74) is 0. The predicted octanol–water partition coefficient (Wildman–Crippen LogP) is 3.08. The van der Waals surface area contributed by atoms with Crippen molar-refractivity contribution < 1.29 is 0 Å². The van der Waals surface area contributed by atoms with Gasteiger partial charge in [0.05, 0.1) is 0 Å². The molecule has 0 saturated carbocycles. The highest BCUT2D eigenvalue weighted by Crippen LogP contribution is 2.10. The molecule has 1 aromatic rings. The average molecular weight is 205 g/mol. The minimum absolute atomic E-state index is 1.12. The minimum atomic E-state index is 1.12. The second-order valence-corrected chi connectivity index (χ2v) is 3.70. The Hall–Kier alpha value is 0.180. The number of halogens is 1. The molecular weight excluding hydrogens is 196 g/mol. The van der Waals surface area contributed by atoms with E-state index in [0.717, 1.165) is 5.33 Å². The van der Waals surface area contributed by atoms with Crippen LogP contribution in [0.2, 0.25) is 0 Å². The molecule has 0 amide bonds. The van der Waals surface area contributed by atoms with Crippen molar-refractivity contribution in [3.05, 3.63) is 22.4 Å². The largest absolute Gasteiger partial charge is 0.149 e. The van der Waals surface area contributed by atoms with Gasteiger partial charge in [-0.05, 0) is 24.3 Å². The Morgan fingerprint density at radius 3 is 3.00 bits per heavy atom. The van der Waals surface area contributed by atoms with Crippen LogP contribution in [0.25, 0.3) is 0 Å². The van der Waals surface area contributed by atoms with Crippen molar-refractivity contribution in [3.8, 4) is 0 Å². The van der Waals surface area contributed by atoms with Crippen LogP contribution in [-0.2, 0) is 6.42 Å². The zero-order valence-electron chi connectivity index (χ0n) is 5.14. The van der Waals surface area contributed by atoms with Crippen molar-refractivity contribution in [2.75, 3.05) is 5.33 Å². The molecule has 50 valence electrons. The lowest BCUT2D eigenvalue weighted by atomic mass is 10.3. The summed E-state index contributed by atoms with van der Waals surface area (Å²) < 4.78 is 0. The van der Waals surface area contributed by atoms with Crippen molar-refractivity contribution in [1.29, 1.82) is 0 Å². The van der Waals surface area contributed by atoms with E-state index in [-0.39, 0.29) is 0 Å². The molecule has 0 aliphatic carbocycles. The summed E-state index contributed by atoms with van der Waals surface area (Å²) in [5.74, 6) is 0. The Balaban J connectivity index is 2.30. The van der Waals surface area contributed by atoms with E-state index in [1.165, 1.54) is 17.7 Å². The second kappa shape index (κ2) is 4.07. The fourth-order valence-electron chi connectivity index (χ4n) is 0.696. The molecule has 0 aromatic carbocycles. The number of hydrogen-bond acceptors (Lipinski definition) is 1. The van der Waals surface area contributed by atoms with Gasteiger partial charge in [-0.15, -0.1) is 11.3 Å². The van der Waals surface area contributed by atoms with E-state index in [0.29, 0.717) is 0 Å². The molecule has 0 aliphatic heterocycles. The fraction of sp³-hybridized carbons (Fsp3) is 0.429. The zero-order valence-corrected chi connectivity index (χ0v) is 7.54.